The Morgan fingerprint density at radius 3 is 1.32 bits per heavy atom. The number of aliphatic hydroxyl groups excluding tert-OH is 2. The Morgan fingerprint density at radius 2 is 0.875 bits per heavy atom. The average Bonchev–Trinajstić information content (AvgIpc) is 3.21. The lowest BCUT2D eigenvalue weighted by atomic mass is 10.0. The van der Waals surface area contributed by atoms with Gasteiger partial charge in [-0.2, -0.15) is 0 Å². The summed E-state index contributed by atoms with van der Waals surface area (Å²) in [5.74, 6) is 0. The number of ether oxygens (including phenoxy) is 5. The lowest BCUT2D eigenvalue weighted by Crippen LogP contribution is -2.33. The molecule has 1 amide bonds. The lowest BCUT2D eigenvalue weighted by Gasteiger charge is -2.18. The van der Waals surface area contributed by atoms with Gasteiger partial charge in [0.15, 0.2) is 0 Å². The van der Waals surface area contributed by atoms with Crippen LogP contribution in [0.2, 0.25) is 0 Å². The van der Waals surface area contributed by atoms with Crippen molar-refractivity contribution >= 4 is 6.09 Å². The largest absolute Gasteiger partial charge is 0.447 e. The fourth-order valence-corrected chi connectivity index (χ4v) is 6.94. The fraction of sp³-hybridized carbons (Fsp3) is 0.979. The molecule has 3 N–H and O–H groups in total. The second kappa shape index (κ2) is 48.4. The highest BCUT2D eigenvalue weighted by atomic mass is 16.6. The highest BCUT2D eigenvalue weighted by molar-refractivity contribution is 5.67. The Kier molecular flexibility index (Phi) is 45.8. The van der Waals surface area contributed by atoms with Crippen LogP contribution in [-0.2, 0) is 23.7 Å². The van der Waals surface area contributed by atoms with Gasteiger partial charge in [0, 0.05) is 19.8 Å². The van der Waals surface area contributed by atoms with Crippen LogP contribution in [-0.4, -0.2) is 96.0 Å². The Morgan fingerprint density at radius 1 is 0.482 bits per heavy atom. The quantitative estimate of drug-likeness (QED) is 0.0521. The fourth-order valence-electron chi connectivity index (χ4n) is 6.94. The number of carbonyl (C=O) groups excluding carboxylic acids is 1. The van der Waals surface area contributed by atoms with E-state index in [9.17, 15) is 9.90 Å². The molecule has 0 aromatic heterocycles. The van der Waals surface area contributed by atoms with E-state index in [1.165, 1.54) is 186 Å². The van der Waals surface area contributed by atoms with Gasteiger partial charge >= 0.3 is 6.09 Å². The van der Waals surface area contributed by atoms with Crippen molar-refractivity contribution < 1.29 is 38.7 Å². The van der Waals surface area contributed by atoms with Crippen molar-refractivity contribution in [2.75, 3.05) is 66.0 Å². The van der Waals surface area contributed by atoms with Crippen molar-refractivity contribution in [3.05, 3.63) is 0 Å². The molecule has 0 heterocycles. The normalized spacial score (nSPS) is 12.9. The van der Waals surface area contributed by atoms with Crippen LogP contribution in [0.5, 0.6) is 0 Å². The number of alkyl carbamates (subject to hydrolysis) is 1. The number of hydrogen-bond acceptors (Lipinski definition) is 8. The molecular weight excluding hydrogens is 707 g/mol. The molecule has 0 bridgehead atoms. The van der Waals surface area contributed by atoms with Crippen molar-refractivity contribution in [3.8, 4) is 0 Å². The van der Waals surface area contributed by atoms with E-state index in [2.05, 4.69) is 24.3 Å². The van der Waals surface area contributed by atoms with Crippen LogP contribution in [0.25, 0.3) is 0 Å². The molecule has 0 aliphatic heterocycles. The molecule has 0 saturated heterocycles. The molecule has 336 valence electrons. The summed E-state index contributed by atoms with van der Waals surface area (Å²) in [6.07, 6.45) is 41.5. The minimum atomic E-state index is -0.829. The van der Waals surface area contributed by atoms with Crippen molar-refractivity contribution in [2.45, 2.75) is 232 Å². The molecule has 2 unspecified atom stereocenters. The third kappa shape index (κ3) is 45.7. The van der Waals surface area contributed by atoms with Crippen LogP contribution >= 0.6 is 0 Å². The van der Waals surface area contributed by atoms with Gasteiger partial charge in [-0.1, -0.05) is 206 Å². The van der Waals surface area contributed by atoms with Gasteiger partial charge in [-0.3, -0.25) is 0 Å². The Balaban J connectivity index is 4.07. The second-order valence-electron chi connectivity index (χ2n) is 16.2. The minimum absolute atomic E-state index is 0.0821. The first-order valence-corrected chi connectivity index (χ1v) is 24.2. The monoisotopic (exact) mass is 803 g/mol. The van der Waals surface area contributed by atoms with E-state index in [4.69, 9.17) is 25.1 Å². The maximum atomic E-state index is 12.3. The van der Waals surface area contributed by atoms with Gasteiger partial charge in [0.1, 0.15) is 18.8 Å². The lowest BCUT2D eigenvalue weighted by molar-refractivity contribution is -0.0470. The van der Waals surface area contributed by atoms with Gasteiger partial charge in [-0.25, -0.2) is 4.79 Å². The van der Waals surface area contributed by atoms with E-state index in [1.807, 2.05) is 0 Å². The molecule has 56 heavy (non-hydrogen) atoms. The van der Waals surface area contributed by atoms with Crippen LogP contribution in [0, 0.1) is 0 Å². The molecule has 0 aromatic rings. The molecule has 0 aliphatic carbocycles. The number of amides is 1. The summed E-state index contributed by atoms with van der Waals surface area (Å²) in [5, 5.41) is 16.3. The van der Waals surface area contributed by atoms with E-state index in [1.54, 1.807) is 0 Å². The molecule has 0 saturated carbocycles. The van der Waals surface area contributed by atoms with E-state index in [0.29, 0.717) is 46.2 Å². The standard InChI is InChI=1S/C47H95NO8/c1-3-5-7-9-11-13-15-17-19-21-23-25-27-29-31-33-36-53-43-46(44-56-47(51)48-35-38-52-39-40-54-42-45(50)41-49)55-37-34-32-30-28-26-24-22-20-18-16-14-12-10-8-6-4-2/h45-46,49-50H,3-44H2,1-2H3,(H,48,51)/i49D. The number of carbonyl (C=O) groups is 1. The van der Waals surface area contributed by atoms with Gasteiger partial charge in [0.25, 0.3) is 0 Å². The van der Waals surface area contributed by atoms with Gasteiger partial charge < -0.3 is 39.2 Å². The Labute approximate surface area is 348 Å². The Bertz CT molecular complexity index is 767. The highest BCUT2D eigenvalue weighted by Crippen LogP contribution is 2.15. The highest BCUT2D eigenvalue weighted by Gasteiger charge is 2.13. The van der Waals surface area contributed by atoms with E-state index in [-0.39, 0.29) is 25.9 Å². The topological polar surface area (TPSA) is 116 Å². The Hall–Kier alpha value is -0.970. The number of aliphatic hydroxyl groups is 2. The molecule has 0 rings (SSSR count). The summed E-state index contributed by atoms with van der Waals surface area (Å²) in [5.41, 5.74) is 0. The maximum Gasteiger partial charge on any atom is 0.407 e. The minimum Gasteiger partial charge on any atom is -0.447 e. The number of rotatable bonds is 49. The van der Waals surface area contributed by atoms with Crippen molar-refractivity contribution in [2.24, 2.45) is 0 Å². The summed E-state index contributed by atoms with van der Waals surface area (Å²) in [6, 6.07) is 0. The van der Waals surface area contributed by atoms with Crippen LogP contribution in [0.15, 0.2) is 0 Å². The molecule has 0 spiro atoms. The third-order valence-electron chi connectivity index (χ3n) is 10.6. The zero-order valence-electron chi connectivity index (χ0n) is 38.2. The zero-order valence-corrected chi connectivity index (χ0v) is 37.2. The van der Waals surface area contributed by atoms with Gasteiger partial charge in [0.05, 0.1) is 39.6 Å². The number of hydrogen-bond donors (Lipinski definition) is 3. The van der Waals surface area contributed by atoms with Crippen molar-refractivity contribution in [1.82, 2.24) is 5.32 Å². The van der Waals surface area contributed by atoms with Crippen molar-refractivity contribution in [3.63, 3.8) is 0 Å². The van der Waals surface area contributed by atoms with E-state index < -0.39 is 12.2 Å². The molecule has 0 aliphatic rings. The van der Waals surface area contributed by atoms with Crippen LogP contribution in [0.1, 0.15) is 219 Å². The van der Waals surface area contributed by atoms with E-state index >= 15 is 0 Å². The molecule has 2 atom stereocenters. The first kappa shape index (κ1) is 53.0. The molecule has 9 nitrogen and oxygen atoms in total. The second-order valence-corrected chi connectivity index (χ2v) is 16.2. The summed E-state index contributed by atoms with van der Waals surface area (Å²) in [6.45, 7) is 7.77. The average molecular weight is 803 g/mol. The first-order chi connectivity index (χ1) is 28.1. The van der Waals surface area contributed by atoms with Crippen LogP contribution in [0.3, 0.4) is 0 Å². The smallest absolute Gasteiger partial charge is 0.407 e. The van der Waals surface area contributed by atoms with Crippen LogP contribution < -0.4 is 5.32 Å². The summed E-state index contributed by atoms with van der Waals surface area (Å²) in [7, 11) is 0. The molecule has 9 heteroatoms. The third-order valence-corrected chi connectivity index (χ3v) is 10.6. The first-order valence-electron chi connectivity index (χ1n) is 24.6. The molecule has 0 fully saturated rings. The number of nitrogens with one attached hydrogen (secondary N) is 1. The summed E-state index contributed by atoms with van der Waals surface area (Å²) >= 11 is 0. The molecular formula is C47H95NO8. The molecule has 0 aromatic carbocycles. The van der Waals surface area contributed by atoms with Crippen LogP contribution in [0.4, 0.5) is 4.79 Å². The predicted octanol–water partition coefficient (Wildman–Crippen LogP) is 12.0. The van der Waals surface area contributed by atoms with Gasteiger partial charge in [0.2, 0.25) is 1.43 Å². The van der Waals surface area contributed by atoms with Crippen molar-refractivity contribution in [1.29, 1.82) is 1.43 Å². The number of unbranched alkanes of at least 4 members (excludes halogenated alkanes) is 30. The van der Waals surface area contributed by atoms with Gasteiger partial charge in [-0.15, -0.1) is 0 Å². The predicted molar refractivity (Wildman–Crippen MR) is 234 cm³/mol. The summed E-state index contributed by atoms with van der Waals surface area (Å²) in [4.78, 5) is 12.3. The SMILES string of the molecule is [2H]OCC(O)COCCOCCNC(=O)OCC(COCCCCCCCCCCCCCCCCCC)OCCCCCCCCCCCCCCCCCC. The maximum absolute atomic E-state index is 12.3. The molecule has 0 radical (unpaired) electrons. The van der Waals surface area contributed by atoms with Gasteiger partial charge in [-0.05, 0) is 12.8 Å². The summed E-state index contributed by atoms with van der Waals surface area (Å²) < 4.78 is 35.0. The van der Waals surface area contributed by atoms with E-state index in [0.717, 1.165) is 19.3 Å². The zero-order chi connectivity index (χ0) is 41.4.